The molecule has 1 aliphatic carbocycles. The molecule has 1 unspecified atom stereocenters. The topological polar surface area (TPSA) is 29.9 Å². The Kier molecular flexibility index (Phi) is 3.05. The molecule has 0 fully saturated rings. The maximum atomic E-state index is 4.39. The van der Waals surface area contributed by atoms with Gasteiger partial charge >= 0.3 is 0 Å². The molecule has 1 N–H and O–H groups in total. The Bertz CT molecular complexity index is 583. The third kappa shape index (κ3) is 2.37. The quantitative estimate of drug-likeness (QED) is 0.902. The Hall–Kier alpha value is -1.77. The van der Waals surface area contributed by atoms with Gasteiger partial charge in [-0.25, -0.2) is 0 Å². The van der Waals surface area contributed by atoms with E-state index in [-0.39, 0.29) is 0 Å². The van der Waals surface area contributed by atoms with Crippen LogP contribution >= 0.6 is 0 Å². The summed E-state index contributed by atoms with van der Waals surface area (Å²) in [6.07, 6.45) is 6.36. The zero-order chi connectivity index (χ0) is 13.4. The van der Waals surface area contributed by atoms with Crippen LogP contribution in [-0.2, 0) is 6.42 Å². The standard InChI is InChI=1S/C16H21N3/c1-11(2)19-10-14(9-17-19)18-16-7-6-13-5-4-12(3)8-15(13)16/h4-5,8-11,16,18H,6-7H2,1-3H3. The summed E-state index contributed by atoms with van der Waals surface area (Å²) in [6, 6.07) is 7.63. The first-order valence-corrected chi connectivity index (χ1v) is 7.03. The first kappa shape index (κ1) is 12.3. The van der Waals surface area contributed by atoms with Crippen molar-refractivity contribution in [3.8, 4) is 0 Å². The van der Waals surface area contributed by atoms with E-state index in [0.29, 0.717) is 12.1 Å². The molecular weight excluding hydrogens is 234 g/mol. The van der Waals surface area contributed by atoms with E-state index < -0.39 is 0 Å². The van der Waals surface area contributed by atoms with Crippen molar-refractivity contribution >= 4 is 5.69 Å². The van der Waals surface area contributed by atoms with Crippen LogP contribution in [0.5, 0.6) is 0 Å². The third-order valence-corrected chi connectivity index (χ3v) is 3.85. The molecule has 0 amide bonds. The molecule has 1 aromatic heterocycles. The molecule has 0 spiro atoms. The molecule has 0 saturated heterocycles. The summed E-state index contributed by atoms with van der Waals surface area (Å²) in [6.45, 7) is 6.45. The third-order valence-electron chi connectivity index (χ3n) is 3.85. The summed E-state index contributed by atoms with van der Waals surface area (Å²) in [5.41, 5.74) is 5.40. The molecule has 0 radical (unpaired) electrons. The van der Waals surface area contributed by atoms with Crippen molar-refractivity contribution in [3.63, 3.8) is 0 Å². The van der Waals surface area contributed by atoms with Gasteiger partial charge in [-0.1, -0.05) is 23.8 Å². The lowest BCUT2D eigenvalue weighted by Crippen LogP contribution is -2.07. The average molecular weight is 255 g/mol. The van der Waals surface area contributed by atoms with Gasteiger partial charge in [-0.15, -0.1) is 0 Å². The molecule has 19 heavy (non-hydrogen) atoms. The average Bonchev–Trinajstić information content (AvgIpc) is 2.98. The summed E-state index contributed by atoms with van der Waals surface area (Å²) in [5.74, 6) is 0. The second-order valence-electron chi connectivity index (χ2n) is 5.74. The van der Waals surface area contributed by atoms with Crippen LogP contribution in [0.2, 0.25) is 0 Å². The van der Waals surface area contributed by atoms with E-state index in [1.165, 1.54) is 29.5 Å². The van der Waals surface area contributed by atoms with Crippen LogP contribution in [0.3, 0.4) is 0 Å². The number of hydrogen-bond acceptors (Lipinski definition) is 2. The van der Waals surface area contributed by atoms with E-state index in [0.717, 1.165) is 5.69 Å². The molecule has 1 atom stereocenters. The smallest absolute Gasteiger partial charge is 0.0731 e. The van der Waals surface area contributed by atoms with Crippen molar-refractivity contribution in [3.05, 3.63) is 47.3 Å². The minimum absolute atomic E-state index is 0.411. The van der Waals surface area contributed by atoms with Crippen molar-refractivity contribution in [2.24, 2.45) is 0 Å². The van der Waals surface area contributed by atoms with E-state index in [1.807, 2.05) is 10.9 Å². The van der Waals surface area contributed by atoms with E-state index in [4.69, 9.17) is 0 Å². The molecule has 2 aromatic rings. The number of nitrogens with zero attached hydrogens (tertiary/aromatic N) is 2. The second kappa shape index (κ2) is 4.72. The van der Waals surface area contributed by atoms with Crippen molar-refractivity contribution in [1.82, 2.24) is 9.78 Å². The molecule has 1 heterocycles. The highest BCUT2D eigenvalue weighted by Crippen LogP contribution is 2.34. The van der Waals surface area contributed by atoms with Crippen molar-refractivity contribution in [2.75, 3.05) is 5.32 Å². The van der Waals surface area contributed by atoms with Crippen molar-refractivity contribution in [2.45, 2.75) is 45.7 Å². The summed E-state index contributed by atoms with van der Waals surface area (Å²) in [7, 11) is 0. The van der Waals surface area contributed by atoms with Gasteiger partial charge in [0.15, 0.2) is 0 Å². The Morgan fingerprint density at radius 1 is 1.37 bits per heavy atom. The number of hydrogen-bond donors (Lipinski definition) is 1. The number of nitrogens with one attached hydrogen (secondary N) is 1. The van der Waals surface area contributed by atoms with Gasteiger partial charge in [0.1, 0.15) is 0 Å². The predicted octanol–water partition coefficient (Wildman–Crippen LogP) is 3.87. The molecule has 100 valence electrons. The maximum Gasteiger partial charge on any atom is 0.0731 e. The summed E-state index contributed by atoms with van der Waals surface area (Å²) in [5, 5.41) is 8.00. The number of aromatic nitrogens is 2. The molecule has 3 heteroatoms. The SMILES string of the molecule is Cc1ccc2c(c1)C(Nc1cnn(C(C)C)c1)CC2. The molecule has 1 aromatic carbocycles. The van der Waals surface area contributed by atoms with E-state index >= 15 is 0 Å². The Balaban J connectivity index is 1.80. The van der Waals surface area contributed by atoms with E-state index in [1.54, 1.807) is 0 Å². The van der Waals surface area contributed by atoms with Crippen LogP contribution in [0, 0.1) is 6.92 Å². The highest BCUT2D eigenvalue weighted by molar-refractivity contribution is 5.46. The van der Waals surface area contributed by atoms with Crippen LogP contribution in [0.15, 0.2) is 30.6 Å². The fourth-order valence-electron chi connectivity index (χ4n) is 2.77. The number of rotatable bonds is 3. The summed E-state index contributed by atoms with van der Waals surface area (Å²) >= 11 is 0. The summed E-state index contributed by atoms with van der Waals surface area (Å²) < 4.78 is 1.99. The van der Waals surface area contributed by atoms with Crippen LogP contribution < -0.4 is 5.32 Å². The van der Waals surface area contributed by atoms with Gasteiger partial charge in [-0.05, 0) is 44.7 Å². The monoisotopic (exact) mass is 255 g/mol. The van der Waals surface area contributed by atoms with Crippen LogP contribution in [-0.4, -0.2) is 9.78 Å². The molecule has 1 aliphatic rings. The number of fused-ring (bicyclic) bond motifs is 1. The van der Waals surface area contributed by atoms with Gasteiger partial charge < -0.3 is 5.32 Å². The Labute approximate surface area is 114 Å². The van der Waals surface area contributed by atoms with Crippen LogP contribution in [0.4, 0.5) is 5.69 Å². The number of benzene rings is 1. The van der Waals surface area contributed by atoms with E-state index in [2.05, 4.69) is 55.6 Å². The lowest BCUT2D eigenvalue weighted by atomic mass is 10.1. The number of aryl methyl sites for hydroxylation is 2. The van der Waals surface area contributed by atoms with Gasteiger partial charge in [0.25, 0.3) is 0 Å². The highest BCUT2D eigenvalue weighted by atomic mass is 15.3. The first-order chi connectivity index (χ1) is 9.13. The van der Waals surface area contributed by atoms with Gasteiger partial charge in [0.05, 0.1) is 17.9 Å². The predicted molar refractivity (Wildman–Crippen MR) is 78.5 cm³/mol. The largest absolute Gasteiger partial charge is 0.376 e. The van der Waals surface area contributed by atoms with Crippen molar-refractivity contribution in [1.29, 1.82) is 0 Å². The lowest BCUT2D eigenvalue weighted by Gasteiger charge is -2.14. The van der Waals surface area contributed by atoms with Crippen LogP contribution in [0.1, 0.15) is 49.0 Å². The van der Waals surface area contributed by atoms with Gasteiger partial charge in [-0.3, -0.25) is 4.68 Å². The summed E-state index contributed by atoms with van der Waals surface area (Å²) in [4.78, 5) is 0. The Morgan fingerprint density at radius 3 is 2.95 bits per heavy atom. The van der Waals surface area contributed by atoms with E-state index in [9.17, 15) is 0 Å². The lowest BCUT2D eigenvalue weighted by molar-refractivity contribution is 0.532. The minimum Gasteiger partial charge on any atom is -0.376 e. The number of anilines is 1. The molecule has 3 rings (SSSR count). The molecular formula is C16H21N3. The first-order valence-electron chi connectivity index (χ1n) is 7.03. The normalized spacial score (nSPS) is 17.8. The van der Waals surface area contributed by atoms with Crippen LogP contribution in [0.25, 0.3) is 0 Å². The van der Waals surface area contributed by atoms with Crippen molar-refractivity contribution < 1.29 is 0 Å². The zero-order valence-electron chi connectivity index (χ0n) is 11.9. The van der Waals surface area contributed by atoms with Gasteiger partial charge in [-0.2, -0.15) is 5.10 Å². The van der Waals surface area contributed by atoms with Gasteiger partial charge in [0, 0.05) is 12.2 Å². The fourth-order valence-corrected chi connectivity index (χ4v) is 2.77. The molecule has 0 bridgehead atoms. The highest BCUT2D eigenvalue weighted by Gasteiger charge is 2.22. The minimum atomic E-state index is 0.411. The van der Waals surface area contributed by atoms with Gasteiger partial charge in [0.2, 0.25) is 0 Å². The molecule has 0 aliphatic heterocycles. The fraction of sp³-hybridized carbons (Fsp3) is 0.438. The maximum absolute atomic E-state index is 4.39. The molecule has 0 saturated carbocycles. The Morgan fingerprint density at radius 2 is 2.21 bits per heavy atom. The second-order valence-corrected chi connectivity index (χ2v) is 5.74. The molecule has 3 nitrogen and oxygen atoms in total. The zero-order valence-corrected chi connectivity index (χ0v) is 11.9.